The minimum Gasteiger partial charge on any atom is -0.378 e. The van der Waals surface area contributed by atoms with E-state index in [0.29, 0.717) is 51.9 Å². The van der Waals surface area contributed by atoms with E-state index in [1.807, 2.05) is 11.8 Å². The van der Waals surface area contributed by atoms with Gasteiger partial charge in [-0.3, -0.25) is 0 Å². The van der Waals surface area contributed by atoms with Crippen LogP contribution in [0.5, 0.6) is 0 Å². The van der Waals surface area contributed by atoms with Crippen molar-refractivity contribution in [2.24, 2.45) is 4.40 Å². The van der Waals surface area contributed by atoms with Gasteiger partial charge in [-0.1, -0.05) is 17.7 Å². The first-order chi connectivity index (χ1) is 12.0. The van der Waals surface area contributed by atoms with Crippen LogP contribution in [0.25, 0.3) is 0 Å². The molecule has 2 heterocycles. The van der Waals surface area contributed by atoms with Crippen molar-refractivity contribution in [3.63, 3.8) is 0 Å². The monoisotopic (exact) mass is 368 g/mol. The fourth-order valence-corrected chi connectivity index (χ4v) is 4.03. The molecule has 1 aromatic rings. The van der Waals surface area contributed by atoms with Crippen LogP contribution in [0.15, 0.2) is 33.6 Å². The Balaban J connectivity index is 1.85. The number of benzene rings is 1. The summed E-state index contributed by atoms with van der Waals surface area (Å²) < 4.78 is 40.5. The van der Waals surface area contributed by atoms with Crippen LogP contribution in [-0.2, 0) is 19.5 Å². The van der Waals surface area contributed by atoms with E-state index >= 15 is 0 Å². The van der Waals surface area contributed by atoms with Crippen LogP contribution in [0.2, 0.25) is 0 Å². The van der Waals surface area contributed by atoms with E-state index in [2.05, 4.69) is 4.40 Å². The lowest BCUT2D eigenvalue weighted by Gasteiger charge is -2.32. The smallest absolute Gasteiger partial charge is 0.284 e. The molecule has 2 aliphatic rings. The van der Waals surface area contributed by atoms with Crippen molar-refractivity contribution in [2.75, 3.05) is 59.2 Å². The Hall–Kier alpha value is -1.48. The van der Waals surface area contributed by atoms with E-state index in [4.69, 9.17) is 9.47 Å². The number of aryl methyl sites for hydroxylation is 1. The first kappa shape index (κ1) is 18.3. The van der Waals surface area contributed by atoms with Gasteiger partial charge in [-0.05, 0) is 19.1 Å². The molecule has 0 aliphatic carbocycles. The topological polar surface area (TPSA) is 72.6 Å². The largest absolute Gasteiger partial charge is 0.378 e. The molecular weight excluding hydrogens is 342 g/mol. The zero-order chi connectivity index (χ0) is 17.7. The highest BCUT2D eigenvalue weighted by molar-refractivity contribution is 7.90. The standard InChI is InChI=1S/C17H25N3O4S/c1-15-2-4-16(5-3-15)25(21,22)18-17(20-8-12-24-13-9-20)14-19-6-10-23-11-7-19/h2-5H,6-14H2,1H3/p+1. The third-order valence-corrected chi connectivity index (χ3v) is 5.85. The average molecular weight is 368 g/mol. The fraction of sp³-hybridized carbons (Fsp3) is 0.588. The van der Waals surface area contributed by atoms with Gasteiger partial charge in [-0.15, -0.1) is 4.40 Å². The number of sulfonamides is 1. The molecule has 0 saturated carbocycles. The maximum absolute atomic E-state index is 12.8. The van der Waals surface area contributed by atoms with Crippen LogP contribution >= 0.6 is 0 Å². The van der Waals surface area contributed by atoms with Crippen LogP contribution in [0.4, 0.5) is 0 Å². The van der Waals surface area contributed by atoms with Gasteiger partial charge >= 0.3 is 0 Å². The van der Waals surface area contributed by atoms with Crippen LogP contribution in [-0.4, -0.2) is 78.3 Å². The third kappa shape index (κ3) is 5.01. The van der Waals surface area contributed by atoms with Gasteiger partial charge in [0.1, 0.15) is 19.6 Å². The fourth-order valence-electron chi connectivity index (χ4n) is 2.99. The third-order valence-electron chi connectivity index (χ3n) is 4.53. The second-order valence-electron chi connectivity index (χ2n) is 6.43. The quantitative estimate of drug-likeness (QED) is 0.564. The molecule has 0 aromatic heterocycles. The molecule has 25 heavy (non-hydrogen) atoms. The van der Waals surface area contributed by atoms with Crippen LogP contribution in [0.1, 0.15) is 5.56 Å². The Labute approximate surface area is 149 Å². The van der Waals surface area contributed by atoms with Crippen molar-refractivity contribution in [1.29, 1.82) is 0 Å². The summed E-state index contributed by atoms with van der Waals surface area (Å²) in [6.07, 6.45) is 0. The predicted octanol–water partition coefficient (Wildman–Crippen LogP) is -0.670. The summed E-state index contributed by atoms with van der Waals surface area (Å²) in [4.78, 5) is 3.58. The van der Waals surface area contributed by atoms with Gasteiger partial charge in [0.15, 0.2) is 5.84 Å². The molecule has 0 atom stereocenters. The van der Waals surface area contributed by atoms with Crippen molar-refractivity contribution < 1.29 is 22.8 Å². The summed E-state index contributed by atoms with van der Waals surface area (Å²) in [7, 11) is -3.72. The molecule has 1 N–H and O–H groups in total. The van der Waals surface area contributed by atoms with E-state index in [1.54, 1.807) is 24.3 Å². The Morgan fingerprint density at radius 3 is 2.32 bits per heavy atom. The van der Waals surface area contributed by atoms with E-state index in [9.17, 15) is 8.42 Å². The second kappa shape index (κ2) is 8.27. The van der Waals surface area contributed by atoms with Gasteiger partial charge in [0.25, 0.3) is 10.0 Å². The molecule has 0 radical (unpaired) electrons. The lowest BCUT2D eigenvalue weighted by Crippen LogP contribution is -3.15. The van der Waals surface area contributed by atoms with Gasteiger partial charge in [0.2, 0.25) is 0 Å². The first-order valence-corrected chi connectivity index (χ1v) is 10.1. The molecule has 2 aliphatic heterocycles. The lowest BCUT2D eigenvalue weighted by molar-refractivity contribution is -0.899. The number of rotatable bonds is 4. The zero-order valence-electron chi connectivity index (χ0n) is 14.6. The predicted molar refractivity (Wildman–Crippen MR) is 94.6 cm³/mol. The molecule has 3 rings (SSSR count). The number of nitrogens with one attached hydrogen (secondary N) is 1. The van der Waals surface area contributed by atoms with Crippen molar-refractivity contribution in [2.45, 2.75) is 11.8 Å². The Morgan fingerprint density at radius 2 is 1.68 bits per heavy atom. The first-order valence-electron chi connectivity index (χ1n) is 8.69. The Morgan fingerprint density at radius 1 is 1.08 bits per heavy atom. The molecule has 0 unspecified atom stereocenters. The minimum absolute atomic E-state index is 0.237. The van der Waals surface area contributed by atoms with Gasteiger partial charge in [-0.25, -0.2) is 0 Å². The number of hydrogen-bond acceptors (Lipinski definition) is 4. The Kier molecular flexibility index (Phi) is 6.06. The Bertz CT molecular complexity index is 691. The van der Waals surface area contributed by atoms with Gasteiger partial charge in [0.05, 0.1) is 31.3 Å². The van der Waals surface area contributed by atoms with E-state index < -0.39 is 10.0 Å². The minimum atomic E-state index is -3.72. The number of amidine groups is 1. The maximum atomic E-state index is 12.8. The van der Waals surface area contributed by atoms with Crippen LogP contribution in [0.3, 0.4) is 0 Å². The van der Waals surface area contributed by atoms with Crippen molar-refractivity contribution in [3.8, 4) is 0 Å². The molecule has 1 aromatic carbocycles. The summed E-state index contributed by atoms with van der Waals surface area (Å²) in [5.74, 6) is 0.626. The molecule has 138 valence electrons. The van der Waals surface area contributed by atoms with Crippen molar-refractivity contribution in [3.05, 3.63) is 29.8 Å². The molecule has 2 saturated heterocycles. The maximum Gasteiger partial charge on any atom is 0.284 e. The summed E-state index contributed by atoms with van der Waals surface area (Å²) in [6, 6.07) is 6.83. The number of ether oxygens (including phenoxy) is 2. The van der Waals surface area contributed by atoms with E-state index in [-0.39, 0.29) is 4.90 Å². The lowest BCUT2D eigenvalue weighted by atomic mass is 10.2. The molecule has 2 fully saturated rings. The van der Waals surface area contributed by atoms with E-state index in [1.165, 1.54) is 4.90 Å². The SMILES string of the molecule is Cc1ccc(S(=O)(=O)N=C(C[NH+]2CCOCC2)N2CCOCC2)cc1. The molecule has 0 bridgehead atoms. The van der Waals surface area contributed by atoms with Gasteiger partial charge in [0, 0.05) is 13.1 Å². The number of morpholine rings is 2. The number of quaternary nitrogens is 1. The molecule has 0 spiro atoms. The summed E-state index contributed by atoms with van der Waals surface area (Å²) >= 11 is 0. The highest BCUT2D eigenvalue weighted by Gasteiger charge is 2.25. The molecule has 0 amide bonds. The molecule has 7 nitrogen and oxygen atoms in total. The highest BCUT2D eigenvalue weighted by atomic mass is 32.2. The number of nitrogens with zero attached hydrogens (tertiary/aromatic N) is 2. The normalized spacial score (nSPS) is 20.7. The van der Waals surface area contributed by atoms with E-state index in [0.717, 1.165) is 18.7 Å². The zero-order valence-corrected chi connectivity index (χ0v) is 15.4. The van der Waals surface area contributed by atoms with Crippen LogP contribution < -0.4 is 4.90 Å². The van der Waals surface area contributed by atoms with Gasteiger partial charge in [-0.2, -0.15) is 8.42 Å². The average Bonchev–Trinajstić information content (AvgIpc) is 2.63. The second-order valence-corrected chi connectivity index (χ2v) is 8.04. The van der Waals surface area contributed by atoms with Crippen molar-refractivity contribution >= 4 is 15.9 Å². The van der Waals surface area contributed by atoms with Gasteiger partial charge < -0.3 is 19.3 Å². The molecular formula is C17H26N3O4S+. The number of hydrogen-bond donors (Lipinski definition) is 1. The van der Waals surface area contributed by atoms with Crippen molar-refractivity contribution in [1.82, 2.24) is 4.90 Å². The highest BCUT2D eigenvalue weighted by Crippen LogP contribution is 2.14. The summed E-state index contributed by atoms with van der Waals surface area (Å²) in [5.41, 5.74) is 1.02. The molecule has 8 heteroatoms. The summed E-state index contributed by atoms with van der Waals surface area (Å²) in [6.45, 7) is 8.21. The summed E-state index contributed by atoms with van der Waals surface area (Å²) in [5, 5.41) is 0. The van der Waals surface area contributed by atoms with Crippen LogP contribution in [0, 0.1) is 6.92 Å².